The summed E-state index contributed by atoms with van der Waals surface area (Å²) in [5.41, 5.74) is 1.76. The molecule has 1 aliphatic carbocycles. The number of amides is 1. The summed E-state index contributed by atoms with van der Waals surface area (Å²) in [5.74, 6) is 0.148. The van der Waals surface area contributed by atoms with Crippen molar-refractivity contribution in [2.24, 2.45) is 0 Å². The number of likely N-dealkylation sites (tertiary alicyclic amines) is 2. The van der Waals surface area contributed by atoms with Gasteiger partial charge in [-0.25, -0.2) is 0 Å². The lowest BCUT2D eigenvalue weighted by Gasteiger charge is -2.33. The molecule has 2 heterocycles. The molecule has 3 aliphatic rings. The summed E-state index contributed by atoms with van der Waals surface area (Å²) in [5, 5.41) is 3.69. The third kappa shape index (κ3) is 8.31. The van der Waals surface area contributed by atoms with Crippen molar-refractivity contribution >= 4 is 29.1 Å². The standard InChI is InChI=1S/C32H36Cl2F3N3O2/c33-28-18-24(31(41)38-26-9-13-39(14-10-26)20-22-5-2-1-3-6-22)19-29(34)30(28)42-27-11-15-40(16-12-27)21-23-7-4-8-25(17-23)32(35,36)37/h2,4-8,17-19,26-27H,1,3,9-16,20-21H2,(H,38,41). The minimum atomic E-state index is -4.35. The molecule has 0 atom stereocenters. The molecule has 2 saturated heterocycles. The van der Waals surface area contributed by atoms with E-state index in [4.69, 9.17) is 27.9 Å². The summed E-state index contributed by atoms with van der Waals surface area (Å²) in [7, 11) is 0. The first-order valence-corrected chi connectivity index (χ1v) is 15.3. The zero-order chi connectivity index (χ0) is 29.7. The average Bonchev–Trinajstić information content (AvgIpc) is 2.97. The van der Waals surface area contributed by atoms with E-state index in [1.807, 2.05) is 0 Å². The van der Waals surface area contributed by atoms with Gasteiger partial charge < -0.3 is 10.1 Å². The van der Waals surface area contributed by atoms with Crippen molar-refractivity contribution in [1.82, 2.24) is 15.1 Å². The van der Waals surface area contributed by atoms with Gasteiger partial charge in [0.2, 0.25) is 0 Å². The minimum absolute atomic E-state index is 0.0965. The molecule has 2 fully saturated rings. The van der Waals surface area contributed by atoms with E-state index >= 15 is 0 Å². The number of piperidine rings is 2. The van der Waals surface area contributed by atoms with Crippen molar-refractivity contribution in [1.29, 1.82) is 0 Å². The van der Waals surface area contributed by atoms with Crippen molar-refractivity contribution in [3.63, 3.8) is 0 Å². The van der Waals surface area contributed by atoms with Crippen LogP contribution in [0.15, 0.2) is 60.2 Å². The molecular formula is C32H36Cl2F3N3O2. The van der Waals surface area contributed by atoms with Gasteiger partial charge in [-0.3, -0.25) is 14.6 Å². The molecule has 5 rings (SSSR count). The molecule has 0 saturated carbocycles. The van der Waals surface area contributed by atoms with Crippen LogP contribution in [0.5, 0.6) is 5.75 Å². The van der Waals surface area contributed by atoms with Crippen molar-refractivity contribution in [2.75, 3.05) is 32.7 Å². The van der Waals surface area contributed by atoms with E-state index < -0.39 is 11.7 Å². The molecule has 2 aromatic carbocycles. The summed E-state index contributed by atoms with van der Waals surface area (Å²) < 4.78 is 45.3. The number of hydrogen-bond acceptors (Lipinski definition) is 4. The monoisotopic (exact) mass is 621 g/mol. The van der Waals surface area contributed by atoms with E-state index in [2.05, 4.69) is 33.3 Å². The number of hydrogen-bond donors (Lipinski definition) is 1. The van der Waals surface area contributed by atoms with E-state index in [9.17, 15) is 18.0 Å². The van der Waals surface area contributed by atoms with Gasteiger partial charge in [0.1, 0.15) is 6.10 Å². The molecule has 0 spiro atoms. The van der Waals surface area contributed by atoms with Crippen LogP contribution in [0, 0.1) is 0 Å². The summed E-state index contributed by atoms with van der Waals surface area (Å²) >= 11 is 13.1. The minimum Gasteiger partial charge on any atom is -0.487 e. The molecule has 0 radical (unpaired) electrons. The van der Waals surface area contributed by atoms with Crippen molar-refractivity contribution in [3.05, 3.63) is 86.9 Å². The van der Waals surface area contributed by atoms with Crippen LogP contribution in [-0.2, 0) is 12.7 Å². The summed E-state index contributed by atoms with van der Waals surface area (Å²) in [6.07, 6.45) is 7.62. The largest absolute Gasteiger partial charge is 0.487 e. The normalized spacial score (nSPS) is 19.5. The van der Waals surface area contributed by atoms with Crippen LogP contribution < -0.4 is 10.1 Å². The number of nitrogens with zero attached hydrogens (tertiary/aromatic N) is 2. The van der Waals surface area contributed by atoms with Crippen LogP contribution in [-0.4, -0.2) is 60.6 Å². The number of benzene rings is 2. The highest BCUT2D eigenvalue weighted by Gasteiger charge is 2.31. The molecule has 5 nitrogen and oxygen atoms in total. The Bertz CT molecular complexity index is 1290. The predicted octanol–water partition coefficient (Wildman–Crippen LogP) is 7.53. The number of ether oxygens (including phenoxy) is 1. The zero-order valence-corrected chi connectivity index (χ0v) is 24.9. The Balaban J connectivity index is 1.09. The number of carbonyl (C=O) groups excluding carboxylic acids is 1. The predicted molar refractivity (Wildman–Crippen MR) is 160 cm³/mol. The molecule has 1 amide bonds. The SMILES string of the molecule is O=C(NC1CCN(CC2=CCCC=C2)CC1)c1cc(Cl)c(OC2CCN(Cc3cccc(C(F)(F)F)c3)CC2)c(Cl)c1. The maximum absolute atomic E-state index is 13.0. The average molecular weight is 623 g/mol. The van der Waals surface area contributed by atoms with Gasteiger partial charge in [0.05, 0.1) is 15.6 Å². The number of nitrogens with one attached hydrogen (secondary N) is 1. The third-order valence-corrected chi connectivity index (χ3v) is 8.70. The van der Waals surface area contributed by atoms with E-state index in [1.54, 1.807) is 18.2 Å². The van der Waals surface area contributed by atoms with Crippen LogP contribution in [0.1, 0.15) is 60.0 Å². The number of allylic oxidation sites excluding steroid dienone is 2. The lowest BCUT2D eigenvalue weighted by atomic mass is 10.0. The second-order valence-electron chi connectivity index (χ2n) is 11.3. The Morgan fingerprint density at radius 3 is 2.24 bits per heavy atom. The Morgan fingerprint density at radius 1 is 0.929 bits per heavy atom. The molecule has 226 valence electrons. The maximum atomic E-state index is 13.0. The van der Waals surface area contributed by atoms with Gasteiger partial charge >= 0.3 is 6.18 Å². The highest BCUT2D eigenvalue weighted by atomic mass is 35.5. The molecule has 0 bridgehead atoms. The smallest absolute Gasteiger partial charge is 0.416 e. The first-order chi connectivity index (χ1) is 20.1. The summed E-state index contributed by atoms with van der Waals surface area (Å²) in [6, 6.07) is 8.74. The Kier molecular flexibility index (Phi) is 10.2. The Hall–Kier alpha value is -2.52. The van der Waals surface area contributed by atoms with Gasteiger partial charge in [-0.15, -0.1) is 0 Å². The van der Waals surface area contributed by atoms with E-state index in [1.165, 1.54) is 17.7 Å². The topological polar surface area (TPSA) is 44.8 Å². The van der Waals surface area contributed by atoms with Crippen LogP contribution in [0.2, 0.25) is 10.0 Å². The molecule has 0 aromatic heterocycles. The van der Waals surface area contributed by atoms with Crippen LogP contribution in [0.3, 0.4) is 0 Å². The number of rotatable bonds is 8. The lowest BCUT2D eigenvalue weighted by molar-refractivity contribution is -0.137. The maximum Gasteiger partial charge on any atom is 0.416 e. The first kappa shape index (κ1) is 30.9. The second-order valence-corrected chi connectivity index (χ2v) is 12.2. The number of alkyl halides is 3. The fourth-order valence-electron chi connectivity index (χ4n) is 5.81. The van der Waals surface area contributed by atoms with Gasteiger partial charge in [-0.05, 0) is 67.9 Å². The Morgan fingerprint density at radius 2 is 1.60 bits per heavy atom. The van der Waals surface area contributed by atoms with Crippen LogP contribution in [0.25, 0.3) is 0 Å². The highest BCUT2D eigenvalue weighted by molar-refractivity contribution is 6.37. The number of halogens is 5. The first-order valence-electron chi connectivity index (χ1n) is 14.6. The van der Waals surface area contributed by atoms with E-state index in [0.717, 1.165) is 51.4 Å². The molecule has 42 heavy (non-hydrogen) atoms. The third-order valence-electron chi connectivity index (χ3n) is 8.14. The molecule has 0 unspecified atom stereocenters. The van der Waals surface area contributed by atoms with Gasteiger partial charge in [0.25, 0.3) is 5.91 Å². The van der Waals surface area contributed by atoms with Crippen molar-refractivity contribution in [2.45, 2.75) is 63.4 Å². The molecule has 2 aromatic rings. The Labute approximate surface area is 255 Å². The molecule has 1 N–H and O–H groups in total. The zero-order valence-electron chi connectivity index (χ0n) is 23.4. The molecule has 2 aliphatic heterocycles. The van der Waals surface area contributed by atoms with Crippen molar-refractivity contribution < 1.29 is 22.7 Å². The van der Waals surface area contributed by atoms with E-state index in [-0.39, 0.29) is 28.1 Å². The highest BCUT2D eigenvalue weighted by Crippen LogP contribution is 2.36. The van der Waals surface area contributed by atoms with Crippen LogP contribution in [0.4, 0.5) is 13.2 Å². The van der Waals surface area contributed by atoms with E-state index in [0.29, 0.717) is 49.4 Å². The van der Waals surface area contributed by atoms with Crippen LogP contribution >= 0.6 is 23.2 Å². The summed E-state index contributed by atoms with van der Waals surface area (Å²) in [4.78, 5) is 17.6. The van der Waals surface area contributed by atoms with Crippen molar-refractivity contribution in [3.8, 4) is 5.75 Å². The van der Waals surface area contributed by atoms with Gasteiger partial charge in [0, 0.05) is 50.9 Å². The molecule has 10 heteroatoms. The van der Waals surface area contributed by atoms with Gasteiger partial charge in [-0.2, -0.15) is 13.2 Å². The summed E-state index contributed by atoms with van der Waals surface area (Å²) in [6.45, 7) is 4.61. The fraction of sp³-hybridized carbons (Fsp3) is 0.469. The number of carbonyl (C=O) groups is 1. The fourth-order valence-corrected chi connectivity index (χ4v) is 6.38. The molecular weight excluding hydrogens is 586 g/mol. The second kappa shape index (κ2) is 13.8. The van der Waals surface area contributed by atoms with Gasteiger partial charge in [0.15, 0.2) is 5.75 Å². The quantitative estimate of drug-likeness (QED) is 0.331. The van der Waals surface area contributed by atoms with Gasteiger partial charge in [-0.1, -0.05) is 59.6 Å². The lowest BCUT2D eigenvalue weighted by Crippen LogP contribution is -2.45.